The first-order valence-electron chi connectivity index (χ1n) is 7.24. The van der Waals surface area contributed by atoms with E-state index >= 15 is 0 Å². The smallest absolute Gasteiger partial charge is 0.257 e. The van der Waals surface area contributed by atoms with Crippen LogP contribution in [0.1, 0.15) is 43.0 Å². The van der Waals surface area contributed by atoms with Crippen LogP contribution in [-0.4, -0.2) is 37.6 Å². The Bertz CT molecular complexity index is 473. The molecule has 0 bridgehead atoms. The Hall–Kier alpha value is -1.71. The third-order valence-corrected chi connectivity index (χ3v) is 4.00. The Labute approximate surface area is 120 Å². The average Bonchev–Trinajstić information content (AvgIpc) is 2.53. The van der Waals surface area contributed by atoms with Crippen molar-refractivity contribution < 1.29 is 14.3 Å². The number of hydrogen-bond donors (Lipinski definition) is 0. The van der Waals surface area contributed by atoms with Gasteiger partial charge in [0.15, 0.2) is 0 Å². The molecule has 0 radical (unpaired) electrons. The van der Waals surface area contributed by atoms with E-state index in [1.807, 2.05) is 4.90 Å². The number of ether oxygens (including phenoxy) is 2. The first-order valence-corrected chi connectivity index (χ1v) is 7.24. The Morgan fingerprint density at radius 2 is 2.10 bits per heavy atom. The summed E-state index contributed by atoms with van der Waals surface area (Å²) >= 11 is 0. The number of hydrogen-bond acceptors (Lipinski definition) is 3. The highest BCUT2D eigenvalue weighted by atomic mass is 16.5. The van der Waals surface area contributed by atoms with Crippen LogP contribution >= 0.6 is 0 Å². The van der Waals surface area contributed by atoms with Gasteiger partial charge in [-0.15, -0.1) is 0 Å². The van der Waals surface area contributed by atoms with E-state index in [0.29, 0.717) is 23.1 Å². The SMILES string of the molecule is CC[C@H]1CCCCN1C(=O)c1ccc(OC)cc1OC. The van der Waals surface area contributed by atoms with Crippen LogP contribution in [0, 0.1) is 0 Å². The van der Waals surface area contributed by atoms with E-state index in [0.717, 1.165) is 25.8 Å². The predicted molar refractivity (Wildman–Crippen MR) is 78.5 cm³/mol. The van der Waals surface area contributed by atoms with Gasteiger partial charge in [-0.05, 0) is 37.8 Å². The lowest BCUT2D eigenvalue weighted by atomic mass is 9.98. The molecule has 1 heterocycles. The fourth-order valence-electron chi connectivity index (χ4n) is 2.82. The van der Waals surface area contributed by atoms with E-state index in [2.05, 4.69) is 6.92 Å². The zero-order chi connectivity index (χ0) is 14.5. The van der Waals surface area contributed by atoms with Crippen molar-refractivity contribution in [1.29, 1.82) is 0 Å². The summed E-state index contributed by atoms with van der Waals surface area (Å²) in [5.74, 6) is 1.34. The standard InChI is InChI=1S/C16H23NO3/c1-4-12-7-5-6-10-17(12)16(18)14-9-8-13(19-2)11-15(14)20-3/h8-9,11-12H,4-7,10H2,1-3H3/t12-/m0/s1. The van der Waals surface area contributed by atoms with Gasteiger partial charge in [-0.3, -0.25) is 4.79 Å². The van der Waals surface area contributed by atoms with Crippen LogP contribution in [-0.2, 0) is 0 Å². The van der Waals surface area contributed by atoms with Gasteiger partial charge in [0.2, 0.25) is 0 Å². The molecule has 0 saturated carbocycles. The van der Waals surface area contributed by atoms with Crippen LogP contribution in [0.2, 0.25) is 0 Å². The van der Waals surface area contributed by atoms with Crippen LogP contribution in [0.25, 0.3) is 0 Å². The molecular weight excluding hydrogens is 254 g/mol. The lowest BCUT2D eigenvalue weighted by Crippen LogP contribution is -2.43. The van der Waals surface area contributed by atoms with Gasteiger partial charge in [-0.25, -0.2) is 0 Å². The summed E-state index contributed by atoms with van der Waals surface area (Å²) in [6, 6.07) is 5.71. The minimum Gasteiger partial charge on any atom is -0.497 e. The molecular formula is C16H23NO3. The molecule has 2 rings (SSSR count). The van der Waals surface area contributed by atoms with Gasteiger partial charge in [0.25, 0.3) is 5.91 Å². The van der Waals surface area contributed by atoms with E-state index < -0.39 is 0 Å². The third kappa shape index (κ3) is 2.89. The molecule has 0 spiro atoms. The van der Waals surface area contributed by atoms with Crippen molar-refractivity contribution in [2.24, 2.45) is 0 Å². The van der Waals surface area contributed by atoms with Gasteiger partial charge < -0.3 is 14.4 Å². The van der Waals surface area contributed by atoms with Crippen molar-refractivity contribution in [3.05, 3.63) is 23.8 Å². The topological polar surface area (TPSA) is 38.8 Å². The lowest BCUT2D eigenvalue weighted by molar-refractivity contribution is 0.0604. The summed E-state index contributed by atoms with van der Waals surface area (Å²) in [5.41, 5.74) is 0.619. The molecule has 20 heavy (non-hydrogen) atoms. The van der Waals surface area contributed by atoms with E-state index in [4.69, 9.17) is 9.47 Å². The van der Waals surface area contributed by atoms with Gasteiger partial charge in [0, 0.05) is 18.7 Å². The van der Waals surface area contributed by atoms with Crippen molar-refractivity contribution in [3.8, 4) is 11.5 Å². The number of methoxy groups -OCH3 is 2. The number of amides is 1. The van der Waals surface area contributed by atoms with Crippen molar-refractivity contribution in [3.63, 3.8) is 0 Å². The number of carbonyl (C=O) groups excluding carboxylic acids is 1. The van der Waals surface area contributed by atoms with Crippen LogP contribution in [0.4, 0.5) is 0 Å². The van der Waals surface area contributed by atoms with Crippen molar-refractivity contribution in [2.75, 3.05) is 20.8 Å². The van der Waals surface area contributed by atoms with Crippen molar-refractivity contribution >= 4 is 5.91 Å². The van der Waals surface area contributed by atoms with Crippen molar-refractivity contribution in [1.82, 2.24) is 4.90 Å². The van der Waals surface area contributed by atoms with E-state index in [1.165, 1.54) is 6.42 Å². The Morgan fingerprint density at radius 1 is 1.30 bits per heavy atom. The largest absolute Gasteiger partial charge is 0.497 e. The number of likely N-dealkylation sites (tertiary alicyclic amines) is 1. The molecule has 1 saturated heterocycles. The quantitative estimate of drug-likeness (QED) is 0.849. The maximum Gasteiger partial charge on any atom is 0.257 e. The molecule has 0 N–H and O–H groups in total. The highest BCUT2D eigenvalue weighted by Gasteiger charge is 2.27. The second kappa shape index (κ2) is 6.64. The van der Waals surface area contributed by atoms with Gasteiger partial charge in [0.05, 0.1) is 19.8 Å². The molecule has 0 unspecified atom stereocenters. The summed E-state index contributed by atoms with van der Waals surface area (Å²) in [6.45, 7) is 2.98. The number of nitrogens with zero attached hydrogens (tertiary/aromatic N) is 1. The molecule has 1 aliphatic heterocycles. The molecule has 1 fully saturated rings. The van der Waals surface area contributed by atoms with Crippen LogP contribution in [0.3, 0.4) is 0 Å². The number of rotatable bonds is 4. The summed E-state index contributed by atoms with van der Waals surface area (Å²) < 4.78 is 10.5. The predicted octanol–water partition coefficient (Wildman–Crippen LogP) is 3.11. The highest BCUT2D eigenvalue weighted by Crippen LogP contribution is 2.28. The fourth-order valence-corrected chi connectivity index (χ4v) is 2.82. The highest BCUT2D eigenvalue weighted by molar-refractivity contribution is 5.97. The summed E-state index contributed by atoms with van der Waals surface area (Å²) in [5, 5.41) is 0. The second-order valence-electron chi connectivity index (χ2n) is 5.12. The van der Waals surface area contributed by atoms with Gasteiger partial charge >= 0.3 is 0 Å². The minimum atomic E-state index is 0.0658. The normalized spacial score (nSPS) is 18.8. The minimum absolute atomic E-state index is 0.0658. The maximum absolute atomic E-state index is 12.8. The van der Waals surface area contributed by atoms with Gasteiger partial charge in [-0.2, -0.15) is 0 Å². The Balaban J connectivity index is 2.27. The maximum atomic E-state index is 12.8. The number of piperidine rings is 1. The first-order chi connectivity index (χ1) is 9.71. The summed E-state index contributed by atoms with van der Waals surface area (Å²) in [6.07, 6.45) is 4.40. The first kappa shape index (κ1) is 14.7. The zero-order valence-electron chi connectivity index (χ0n) is 12.5. The lowest BCUT2D eigenvalue weighted by Gasteiger charge is -2.35. The average molecular weight is 277 g/mol. The van der Waals surface area contributed by atoms with E-state index in [1.54, 1.807) is 32.4 Å². The second-order valence-corrected chi connectivity index (χ2v) is 5.12. The molecule has 1 aromatic carbocycles. The van der Waals surface area contributed by atoms with Crippen LogP contribution < -0.4 is 9.47 Å². The Morgan fingerprint density at radius 3 is 2.75 bits per heavy atom. The molecule has 4 heteroatoms. The molecule has 0 aliphatic carbocycles. The van der Waals surface area contributed by atoms with Gasteiger partial charge in [-0.1, -0.05) is 6.92 Å². The third-order valence-electron chi connectivity index (χ3n) is 4.00. The molecule has 1 atom stereocenters. The molecule has 4 nitrogen and oxygen atoms in total. The monoisotopic (exact) mass is 277 g/mol. The van der Waals surface area contributed by atoms with E-state index in [-0.39, 0.29) is 5.91 Å². The summed E-state index contributed by atoms with van der Waals surface area (Å²) in [7, 11) is 3.19. The van der Waals surface area contributed by atoms with Crippen LogP contribution in [0.5, 0.6) is 11.5 Å². The summed E-state index contributed by atoms with van der Waals surface area (Å²) in [4.78, 5) is 14.7. The number of benzene rings is 1. The zero-order valence-corrected chi connectivity index (χ0v) is 12.5. The molecule has 110 valence electrons. The van der Waals surface area contributed by atoms with Crippen molar-refractivity contribution in [2.45, 2.75) is 38.6 Å². The Kier molecular flexibility index (Phi) is 4.88. The van der Waals surface area contributed by atoms with Crippen LogP contribution in [0.15, 0.2) is 18.2 Å². The molecule has 1 aliphatic rings. The molecule has 1 amide bonds. The van der Waals surface area contributed by atoms with E-state index in [9.17, 15) is 4.79 Å². The fraction of sp³-hybridized carbons (Fsp3) is 0.562. The van der Waals surface area contributed by atoms with Gasteiger partial charge in [0.1, 0.15) is 11.5 Å². The molecule has 1 aromatic rings. The molecule has 0 aromatic heterocycles. The number of carbonyl (C=O) groups is 1.